The number of aromatic amines is 1. The first-order chi connectivity index (χ1) is 18.5. The second kappa shape index (κ2) is 10.6. The van der Waals surface area contributed by atoms with E-state index in [9.17, 15) is 4.39 Å². The predicted octanol–water partition coefficient (Wildman–Crippen LogP) is 4.69. The van der Waals surface area contributed by atoms with E-state index in [0.29, 0.717) is 35.9 Å². The lowest BCUT2D eigenvalue weighted by Crippen LogP contribution is -2.50. The van der Waals surface area contributed by atoms with E-state index in [1.807, 2.05) is 6.20 Å². The molecule has 0 aliphatic carbocycles. The fraction of sp³-hybridized carbons (Fsp3) is 0.385. The molecule has 200 valence electrons. The molecular weight excluding hydrogens is 534 g/mol. The van der Waals surface area contributed by atoms with Crippen LogP contribution >= 0.6 is 23.2 Å². The number of hydrogen-bond donors (Lipinski definition) is 4. The Morgan fingerprint density at radius 2 is 1.95 bits per heavy atom. The molecule has 38 heavy (non-hydrogen) atoms. The van der Waals surface area contributed by atoms with Gasteiger partial charge in [-0.3, -0.25) is 5.10 Å². The Labute approximate surface area is 228 Å². The van der Waals surface area contributed by atoms with E-state index in [4.69, 9.17) is 42.8 Å². The second-order valence-corrected chi connectivity index (χ2v) is 10.3. The number of halogens is 3. The standard InChI is InChI=1S/C26H27Cl2FN6O3/c27-21-15(22(28)20(7-19(21)29)38-14-8-32-9-14)3-6-36-25-24-17(10-33-26(25)30)18(12-37-24)16-11-34-35-23(16)13-1-4-31-5-2-13/h7,10-14,31-32H,1-6,8-9H2,(H2,30,33)(H,34,35). The normalized spacial score (nSPS) is 16.6. The van der Waals surface area contributed by atoms with E-state index in [-0.39, 0.29) is 40.7 Å². The minimum atomic E-state index is -0.600. The average Bonchev–Trinajstić information content (AvgIpc) is 3.55. The zero-order chi connectivity index (χ0) is 26.2. The van der Waals surface area contributed by atoms with Crippen LogP contribution in [0.3, 0.4) is 0 Å². The van der Waals surface area contributed by atoms with Crippen molar-refractivity contribution in [2.75, 3.05) is 38.5 Å². The summed E-state index contributed by atoms with van der Waals surface area (Å²) in [7, 11) is 0. The number of pyridine rings is 1. The highest BCUT2D eigenvalue weighted by molar-refractivity contribution is 6.37. The molecule has 3 aromatic heterocycles. The van der Waals surface area contributed by atoms with Crippen LogP contribution in [0.1, 0.15) is 30.0 Å². The monoisotopic (exact) mass is 560 g/mol. The van der Waals surface area contributed by atoms with Gasteiger partial charge in [0.2, 0.25) is 5.75 Å². The lowest BCUT2D eigenvalue weighted by Gasteiger charge is -2.28. The van der Waals surface area contributed by atoms with Crippen LogP contribution in [-0.4, -0.2) is 54.1 Å². The van der Waals surface area contributed by atoms with Crippen molar-refractivity contribution in [1.29, 1.82) is 0 Å². The molecule has 0 atom stereocenters. The zero-order valence-corrected chi connectivity index (χ0v) is 22.0. The van der Waals surface area contributed by atoms with E-state index in [1.165, 1.54) is 6.07 Å². The predicted molar refractivity (Wildman–Crippen MR) is 144 cm³/mol. The van der Waals surface area contributed by atoms with Crippen molar-refractivity contribution in [3.63, 3.8) is 0 Å². The highest BCUT2D eigenvalue weighted by Crippen LogP contribution is 2.41. The molecular formula is C26H27Cl2FN6O3. The van der Waals surface area contributed by atoms with E-state index in [1.54, 1.807) is 12.5 Å². The maximum atomic E-state index is 14.5. The first-order valence-corrected chi connectivity index (χ1v) is 13.3. The number of benzene rings is 1. The summed E-state index contributed by atoms with van der Waals surface area (Å²) in [6.45, 7) is 3.39. The van der Waals surface area contributed by atoms with Gasteiger partial charge in [0, 0.05) is 55.0 Å². The van der Waals surface area contributed by atoms with E-state index >= 15 is 0 Å². The molecule has 2 aliphatic heterocycles. The third kappa shape index (κ3) is 4.66. The van der Waals surface area contributed by atoms with Crippen molar-refractivity contribution < 1.29 is 18.3 Å². The molecule has 2 aliphatic rings. The molecule has 9 nitrogen and oxygen atoms in total. The van der Waals surface area contributed by atoms with Crippen LogP contribution < -0.4 is 25.8 Å². The number of furan rings is 1. The summed E-state index contributed by atoms with van der Waals surface area (Å²) in [6.07, 6.45) is 7.43. The van der Waals surface area contributed by atoms with Gasteiger partial charge in [0.15, 0.2) is 11.4 Å². The Morgan fingerprint density at radius 1 is 1.13 bits per heavy atom. The highest BCUT2D eigenvalue weighted by Gasteiger charge is 2.26. The van der Waals surface area contributed by atoms with Gasteiger partial charge in [0.1, 0.15) is 23.9 Å². The number of fused-ring (bicyclic) bond motifs is 1. The molecule has 0 unspecified atom stereocenters. The van der Waals surface area contributed by atoms with Gasteiger partial charge in [-0.2, -0.15) is 5.10 Å². The number of nitrogens with zero attached hydrogens (tertiary/aromatic N) is 2. The number of aromatic nitrogens is 3. The fourth-order valence-corrected chi connectivity index (χ4v) is 5.55. The lowest BCUT2D eigenvalue weighted by atomic mass is 9.90. The Bertz CT molecular complexity index is 1470. The fourth-order valence-electron chi connectivity index (χ4n) is 4.97. The number of H-pyrrole nitrogens is 1. The molecule has 1 aromatic carbocycles. The Balaban J connectivity index is 1.24. The van der Waals surface area contributed by atoms with Gasteiger partial charge < -0.3 is 30.3 Å². The van der Waals surface area contributed by atoms with Crippen LogP contribution in [0.2, 0.25) is 10.0 Å². The molecule has 0 spiro atoms. The van der Waals surface area contributed by atoms with Gasteiger partial charge in [0.05, 0.1) is 27.7 Å². The van der Waals surface area contributed by atoms with Crippen molar-refractivity contribution in [1.82, 2.24) is 25.8 Å². The average molecular weight is 561 g/mol. The number of hydrogen-bond acceptors (Lipinski definition) is 8. The Morgan fingerprint density at radius 3 is 2.71 bits per heavy atom. The van der Waals surface area contributed by atoms with Crippen LogP contribution in [0.4, 0.5) is 10.2 Å². The van der Waals surface area contributed by atoms with Gasteiger partial charge in [0.25, 0.3) is 0 Å². The maximum Gasteiger partial charge on any atom is 0.205 e. The first kappa shape index (κ1) is 25.2. The van der Waals surface area contributed by atoms with Gasteiger partial charge in [-0.15, -0.1) is 0 Å². The van der Waals surface area contributed by atoms with Gasteiger partial charge in [-0.25, -0.2) is 9.37 Å². The summed E-state index contributed by atoms with van der Waals surface area (Å²) >= 11 is 12.8. The quantitative estimate of drug-likeness (QED) is 0.229. The zero-order valence-electron chi connectivity index (χ0n) is 20.5. The molecule has 0 bridgehead atoms. The largest absolute Gasteiger partial charge is 0.486 e. The topological polar surface area (TPSA) is 123 Å². The maximum absolute atomic E-state index is 14.5. The molecule has 0 radical (unpaired) electrons. The SMILES string of the molecule is Nc1ncc2c(-c3c[nH]nc3C3CCNCC3)coc2c1OCCc1c(Cl)c(F)cc(OC2CNC2)c1Cl. The molecule has 0 amide bonds. The summed E-state index contributed by atoms with van der Waals surface area (Å²) in [5, 5.41) is 15.0. The van der Waals surface area contributed by atoms with Crippen molar-refractivity contribution in [3.05, 3.63) is 51.8 Å². The number of piperidine rings is 1. The van der Waals surface area contributed by atoms with Crippen molar-refractivity contribution in [3.8, 4) is 22.6 Å². The Kier molecular flexibility index (Phi) is 7.05. The van der Waals surface area contributed by atoms with Crippen LogP contribution in [-0.2, 0) is 6.42 Å². The number of nitrogens with two attached hydrogens (primary N) is 1. The molecule has 4 aromatic rings. The number of anilines is 1. The van der Waals surface area contributed by atoms with Crippen LogP contribution in [0.25, 0.3) is 22.1 Å². The molecule has 12 heteroatoms. The Hall–Kier alpha value is -3.05. The number of rotatable bonds is 8. The molecule has 0 saturated carbocycles. The smallest absolute Gasteiger partial charge is 0.205 e. The number of ether oxygens (including phenoxy) is 2. The minimum absolute atomic E-state index is 0.0562. The van der Waals surface area contributed by atoms with Crippen LogP contribution in [0.5, 0.6) is 11.5 Å². The molecule has 2 saturated heterocycles. The summed E-state index contributed by atoms with van der Waals surface area (Å²) in [6, 6.07) is 1.22. The van der Waals surface area contributed by atoms with Crippen LogP contribution in [0, 0.1) is 5.82 Å². The second-order valence-electron chi connectivity index (χ2n) is 9.53. The summed E-state index contributed by atoms with van der Waals surface area (Å²) in [5.74, 6) is 0.509. The molecule has 5 heterocycles. The van der Waals surface area contributed by atoms with Gasteiger partial charge in [-0.1, -0.05) is 23.2 Å². The van der Waals surface area contributed by atoms with Crippen LogP contribution in [0.15, 0.2) is 29.1 Å². The molecule has 5 N–H and O–H groups in total. The summed E-state index contributed by atoms with van der Waals surface area (Å²) in [4.78, 5) is 4.34. The van der Waals surface area contributed by atoms with Gasteiger partial charge >= 0.3 is 0 Å². The minimum Gasteiger partial charge on any atom is -0.486 e. The van der Waals surface area contributed by atoms with E-state index in [2.05, 4.69) is 25.8 Å². The third-order valence-electron chi connectivity index (χ3n) is 7.14. The highest BCUT2D eigenvalue weighted by atomic mass is 35.5. The number of nitrogen functional groups attached to an aromatic ring is 1. The number of nitrogens with one attached hydrogen (secondary N) is 3. The lowest BCUT2D eigenvalue weighted by molar-refractivity contribution is 0.141. The van der Waals surface area contributed by atoms with E-state index in [0.717, 1.165) is 48.1 Å². The first-order valence-electron chi connectivity index (χ1n) is 12.6. The summed E-state index contributed by atoms with van der Waals surface area (Å²) in [5.41, 5.74) is 9.89. The van der Waals surface area contributed by atoms with Gasteiger partial charge in [-0.05, 0) is 31.5 Å². The van der Waals surface area contributed by atoms with Crippen molar-refractivity contribution in [2.45, 2.75) is 31.3 Å². The van der Waals surface area contributed by atoms with Crippen molar-refractivity contribution >= 4 is 40.0 Å². The molecule has 6 rings (SSSR count). The van der Waals surface area contributed by atoms with E-state index < -0.39 is 5.82 Å². The molecule has 2 fully saturated rings. The van der Waals surface area contributed by atoms with Crippen molar-refractivity contribution in [2.24, 2.45) is 0 Å². The summed E-state index contributed by atoms with van der Waals surface area (Å²) < 4.78 is 32.3. The third-order valence-corrected chi connectivity index (χ3v) is 7.96.